The van der Waals surface area contributed by atoms with Gasteiger partial charge in [0.05, 0.1) is 5.56 Å². The zero-order valence-electron chi connectivity index (χ0n) is 14.3. The standard InChI is InChI=1S/C17H19F3N2O3S/c1-11-8-15(21-25-11)10-26(23,24)22(16-6-7-16)12(2)13-4-3-5-14(9-13)17(18,19)20/h3-5,8-9,12,16H,6-7,10H2,1-2H3. The molecular weight excluding hydrogens is 369 g/mol. The first-order valence-electron chi connectivity index (χ1n) is 8.18. The number of aryl methyl sites for hydroxylation is 1. The summed E-state index contributed by atoms with van der Waals surface area (Å²) in [7, 11) is -3.76. The molecule has 1 aromatic carbocycles. The summed E-state index contributed by atoms with van der Waals surface area (Å²) in [5, 5.41) is 3.71. The van der Waals surface area contributed by atoms with Crippen LogP contribution in [0.25, 0.3) is 0 Å². The summed E-state index contributed by atoms with van der Waals surface area (Å²) in [5.41, 5.74) is -0.196. The van der Waals surface area contributed by atoms with Crippen LogP contribution in [0.3, 0.4) is 0 Å². The van der Waals surface area contributed by atoms with Gasteiger partial charge in [-0.15, -0.1) is 0 Å². The van der Waals surface area contributed by atoms with Gasteiger partial charge in [0.1, 0.15) is 17.2 Å². The molecular formula is C17H19F3N2O3S. The molecule has 0 aliphatic heterocycles. The minimum Gasteiger partial charge on any atom is -0.361 e. The van der Waals surface area contributed by atoms with E-state index in [9.17, 15) is 21.6 Å². The topological polar surface area (TPSA) is 63.4 Å². The van der Waals surface area contributed by atoms with Crippen molar-refractivity contribution in [3.63, 3.8) is 0 Å². The van der Waals surface area contributed by atoms with E-state index in [4.69, 9.17) is 4.52 Å². The summed E-state index contributed by atoms with van der Waals surface area (Å²) in [5.74, 6) is 0.156. The first-order chi connectivity index (χ1) is 12.1. The number of hydrogen-bond acceptors (Lipinski definition) is 4. The van der Waals surface area contributed by atoms with E-state index in [-0.39, 0.29) is 17.5 Å². The molecule has 0 radical (unpaired) electrons. The molecule has 1 saturated carbocycles. The molecule has 3 rings (SSSR count). The van der Waals surface area contributed by atoms with Gasteiger partial charge in [-0.3, -0.25) is 0 Å². The largest absolute Gasteiger partial charge is 0.416 e. The Morgan fingerprint density at radius 3 is 2.54 bits per heavy atom. The number of nitrogens with zero attached hydrogens (tertiary/aromatic N) is 2. The van der Waals surface area contributed by atoms with Crippen molar-refractivity contribution in [2.75, 3.05) is 0 Å². The van der Waals surface area contributed by atoms with Gasteiger partial charge in [0.15, 0.2) is 0 Å². The van der Waals surface area contributed by atoms with Crippen LogP contribution in [0.2, 0.25) is 0 Å². The summed E-state index contributed by atoms with van der Waals surface area (Å²) in [4.78, 5) is 0. The van der Waals surface area contributed by atoms with Gasteiger partial charge in [0.25, 0.3) is 0 Å². The lowest BCUT2D eigenvalue weighted by atomic mass is 10.0. The second-order valence-corrected chi connectivity index (χ2v) is 8.42. The number of halogens is 3. The fourth-order valence-electron chi connectivity index (χ4n) is 2.98. The van der Waals surface area contributed by atoms with Crippen molar-refractivity contribution in [3.8, 4) is 0 Å². The molecule has 0 bridgehead atoms. The maximum Gasteiger partial charge on any atom is 0.416 e. The molecule has 5 nitrogen and oxygen atoms in total. The monoisotopic (exact) mass is 388 g/mol. The summed E-state index contributed by atoms with van der Waals surface area (Å²) in [6.07, 6.45) is -3.09. The first-order valence-corrected chi connectivity index (χ1v) is 9.79. The van der Waals surface area contributed by atoms with Crippen molar-refractivity contribution < 1.29 is 26.1 Å². The van der Waals surface area contributed by atoms with Gasteiger partial charge in [-0.25, -0.2) is 8.42 Å². The summed E-state index contributed by atoms with van der Waals surface area (Å²) < 4.78 is 71.0. The Hall–Kier alpha value is -1.87. The smallest absolute Gasteiger partial charge is 0.361 e. The Kier molecular flexibility index (Phi) is 4.87. The molecule has 0 saturated heterocycles. The number of hydrogen-bond donors (Lipinski definition) is 0. The molecule has 0 N–H and O–H groups in total. The Balaban J connectivity index is 1.90. The van der Waals surface area contributed by atoms with Crippen molar-refractivity contribution in [2.24, 2.45) is 0 Å². The van der Waals surface area contributed by atoms with E-state index in [0.717, 1.165) is 12.1 Å². The molecule has 1 aromatic heterocycles. The van der Waals surface area contributed by atoms with E-state index in [1.165, 1.54) is 22.5 Å². The third-order valence-corrected chi connectivity index (χ3v) is 6.23. The molecule has 1 heterocycles. The Labute approximate surface area is 149 Å². The van der Waals surface area contributed by atoms with Crippen LogP contribution in [-0.2, 0) is 22.0 Å². The molecule has 9 heteroatoms. The van der Waals surface area contributed by atoms with Gasteiger partial charge in [-0.1, -0.05) is 17.3 Å². The van der Waals surface area contributed by atoms with Crippen LogP contribution in [0.15, 0.2) is 34.9 Å². The molecule has 142 valence electrons. The second kappa shape index (κ2) is 6.70. The highest BCUT2D eigenvalue weighted by molar-refractivity contribution is 7.88. The molecule has 0 spiro atoms. The van der Waals surface area contributed by atoms with Crippen LogP contribution in [0.4, 0.5) is 13.2 Å². The predicted molar refractivity (Wildman–Crippen MR) is 88.6 cm³/mol. The molecule has 1 atom stereocenters. The van der Waals surface area contributed by atoms with Crippen molar-refractivity contribution in [3.05, 3.63) is 52.9 Å². The second-order valence-electron chi connectivity index (χ2n) is 6.55. The lowest BCUT2D eigenvalue weighted by Gasteiger charge is -2.29. The van der Waals surface area contributed by atoms with E-state index in [1.807, 2.05) is 0 Å². The van der Waals surface area contributed by atoms with Crippen molar-refractivity contribution >= 4 is 10.0 Å². The quantitative estimate of drug-likeness (QED) is 0.749. The molecule has 1 aliphatic rings. The average Bonchev–Trinajstić information content (AvgIpc) is 3.28. The fourth-order valence-corrected chi connectivity index (χ4v) is 4.91. The van der Waals surface area contributed by atoms with Gasteiger partial charge >= 0.3 is 6.18 Å². The maximum atomic E-state index is 13.0. The minimum atomic E-state index is -4.47. The number of rotatable bonds is 6. The zero-order chi connectivity index (χ0) is 19.1. The normalized spacial score (nSPS) is 16.8. The van der Waals surface area contributed by atoms with Crippen LogP contribution < -0.4 is 0 Å². The lowest BCUT2D eigenvalue weighted by Crippen LogP contribution is -2.36. The van der Waals surface area contributed by atoms with E-state index in [2.05, 4.69) is 5.16 Å². The summed E-state index contributed by atoms with van der Waals surface area (Å²) in [6.45, 7) is 3.27. The number of alkyl halides is 3. The van der Waals surface area contributed by atoms with Gasteiger partial charge < -0.3 is 4.52 Å². The third-order valence-electron chi connectivity index (χ3n) is 4.31. The zero-order valence-corrected chi connectivity index (χ0v) is 15.1. The third kappa shape index (κ3) is 4.09. The molecule has 2 aromatic rings. The van der Waals surface area contributed by atoms with Gasteiger partial charge in [-0.2, -0.15) is 17.5 Å². The van der Waals surface area contributed by atoms with Gasteiger partial charge in [0.2, 0.25) is 10.0 Å². The average molecular weight is 388 g/mol. The number of sulfonamides is 1. The van der Waals surface area contributed by atoms with Crippen molar-refractivity contribution in [2.45, 2.75) is 50.7 Å². The van der Waals surface area contributed by atoms with Crippen molar-refractivity contribution in [1.29, 1.82) is 0 Å². The summed E-state index contributed by atoms with van der Waals surface area (Å²) in [6, 6.07) is 5.44. The highest BCUT2D eigenvalue weighted by Gasteiger charge is 2.41. The van der Waals surface area contributed by atoms with Gasteiger partial charge in [-0.05, 0) is 44.4 Å². The molecule has 1 unspecified atom stereocenters. The lowest BCUT2D eigenvalue weighted by molar-refractivity contribution is -0.137. The SMILES string of the molecule is Cc1cc(CS(=O)(=O)N(C2CC2)C(C)c2cccc(C(F)(F)F)c2)no1. The highest BCUT2D eigenvalue weighted by Crippen LogP contribution is 2.39. The Morgan fingerprint density at radius 2 is 2.00 bits per heavy atom. The molecule has 1 fully saturated rings. The van der Waals surface area contributed by atoms with Crippen LogP contribution in [0, 0.1) is 6.92 Å². The highest BCUT2D eigenvalue weighted by atomic mass is 32.2. The minimum absolute atomic E-state index is 0.197. The van der Waals surface area contributed by atoms with E-state index in [1.54, 1.807) is 13.8 Å². The maximum absolute atomic E-state index is 13.0. The predicted octanol–water partition coefficient (Wildman–Crippen LogP) is 4.06. The first kappa shape index (κ1) is 18.9. The molecule has 0 amide bonds. The van der Waals surface area contributed by atoms with Gasteiger partial charge in [0, 0.05) is 18.2 Å². The number of aromatic nitrogens is 1. The van der Waals surface area contributed by atoms with E-state index >= 15 is 0 Å². The van der Waals surface area contributed by atoms with Crippen LogP contribution in [0.5, 0.6) is 0 Å². The molecule has 1 aliphatic carbocycles. The van der Waals surface area contributed by atoms with Crippen LogP contribution >= 0.6 is 0 Å². The fraction of sp³-hybridized carbons (Fsp3) is 0.471. The Bertz CT molecular complexity index is 889. The van der Waals surface area contributed by atoms with Crippen LogP contribution in [-0.4, -0.2) is 23.9 Å². The molecule has 26 heavy (non-hydrogen) atoms. The number of benzene rings is 1. The Morgan fingerprint density at radius 1 is 1.31 bits per heavy atom. The van der Waals surface area contributed by atoms with E-state index in [0.29, 0.717) is 24.2 Å². The van der Waals surface area contributed by atoms with Crippen LogP contribution in [0.1, 0.15) is 48.4 Å². The van der Waals surface area contributed by atoms with E-state index < -0.39 is 27.8 Å². The summed E-state index contributed by atoms with van der Waals surface area (Å²) >= 11 is 0. The van der Waals surface area contributed by atoms with Crippen molar-refractivity contribution in [1.82, 2.24) is 9.46 Å².